The van der Waals surface area contributed by atoms with Crippen LogP contribution in [0.1, 0.15) is 27.0 Å². The summed E-state index contributed by atoms with van der Waals surface area (Å²) in [7, 11) is -3.08. The minimum absolute atomic E-state index is 0. The summed E-state index contributed by atoms with van der Waals surface area (Å²) < 4.78 is 22.8. The molecule has 0 spiro atoms. The third kappa shape index (κ3) is 4.67. The Morgan fingerprint density at radius 3 is 2.76 bits per heavy atom. The summed E-state index contributed by atoms with van der Waals surface area (Å²) in [4.78, 5) is 15.9. The minimum Gasteiger partial charge on any atom is -0.333 e. The van der Waals surface area contributed by atoms with Crippen LogP contribution in [0.3, 0.4) is 0 Å². The first-order valence-electron chi connectivity index (χ1n) is 6.56. The fourth-order valence-electron chi connectivity index (χ4n) is 2.34. The molecule has 1 fully saturated rings. The molecule has 1 aromatic heterocycles. The van der Waals surface area contributed by atoms with E-state index >= 15 is 0 Å². The SMILES string of the molecule is Cc1sc(C(=O)N2CCNC[C@H]2C)cc1CS(C)(=O)=O.Cl. The molecule has 21 heavy (non-hydrogen) atoms. The van der Waals surface area contributed by atoms with Gasteiger partial charge in [0.2, 0.25) is 0 Å². The van der Waals surface area contributed by atoms with Crippen LogP contribution in [0.2, 0.25) is 0 Å². The highest BCUT2D eigenvalue weighted by atomic mass is 35.5. The van der Waals surface area contributed by atoms with Gasteiger partial charge in [0.15, 0.2) is 9.84 Å². The quantitative estimate of drug-likeness (QED) is 0.894. The maximum Gasteiger partial charge on any atom is 0.264 e. The Kier molecular flexibility index (Phi) is 6.22. The number of piperazine rings is 1. The molecule has 8 heteroatoms. The Morgan fingerprint density at radius 1 is 1.52 bits per heavy atom. The second-order valence-corrected chi connectivity index (χ2v) is 8.71. The van der Waals surface area contributed by atoms with Crippen molar-refractivity contribution >= 4 is 39.5 Å². The second kappa shape index (κ2) is 7.09. The Bertz CT molecular complexity index is 613. The molecular weight excluding hydrogens is 332 g/mol. The number of rotatable bonds is 3. The molecule has 5 nitrogen and oxygen atoms in total. The van der Waals surface area contributed by atoms with Crippen molar-refractivity contribution in [1.29, 1.82) is 0 Å². The van der Waals surface area contributed by atoms with Crippen LogP contribution >= 0.6 is 23.7 Å². The molecule has 0 unspecified atom stereocenters. The highest BCUT2D eigenvalue weighted by Gasteiger charge is 2.26. The summed E-state index contributed by atoms with van der Waals surface area (Å²) in [5, 5.41) is 3.25. The lowest BCUT2D eigenvalue weighted by molar-refractivity contribution is 0.0660. The molecule has 0 aromatic carbocycles. The van der Waals surface area contributed by atoms with E-state index in [9.17, 15) is 13.2 Å². The molecule has 1 saturated heterocycles. The average molecular weight is 353 g/mol. The van der Waals surface area contributed by atoms with Gasteiger partial charge >= 0.3 is 0 Å². The lowest BCUT2D eigenvalue weighted by Crippen LogP contribution is -2.52. The molecule has 1 aliphatic rings. The first kappa shape index (κ1) is 18.4. The van der Waals surface area contributed by atoms with Gasteiger partial charge in [-0.05, 0) is 25.5 Å². The summed E-state index contributed by atoms with van der Waals surface area (Å²) in [6, 6.07) is 1.90. The molecule has 120 valence electrons. The van der Waals surface area contributed by atoms with Crippen LogP contribution in [0.15, 0.2) is 6.07 Å². The van der Waals surface area contributed by atoms with Crippen LogP contribution in [0.25, 0.3) is 0 Å². The Morgan fingerprint density at radius 2 is 2.19 bits per heavy atom. The number of carbonyl (C=O) groups excluding carboxylic acids is 1. The molecular formula is C13H21ClN2O3S2. The van der Waals surface area contributed by atoms with Crippen molar-refractivity contribution in [2.24, 2.45) is 0 Å². The first-order valence-corrected chi connectivity index (χ1v) is 9.44. The molecule has 1 N–H and O–H groups in total. The van der Waals surface area contributed by atoms with Crippen molar-refractivity contribution < 1.29 is 13.2 Å². The fourth-order valence-corrected chi connectivity index (χ4v) is 4.29. The molecule has 1 aliphatic heterocycles. The third-order valence-corrected chi connectivity index (χ3v) is 5.33. The van der Waals surface area contributed by atoms with E-state index in [0.717, 1.165) is 23.5 Å². The molecule has 1 aromatic rings. The van der Waals surface area contributed by atoms with Crippen LogP contribution < -0.4 is 5.32 Å². The van der Waals surface area contributed by atoms with Gasteiger partial charge in [0.25, 0.3) is 5.91 Å². The monoisotopic (exact) mass is 352 g/mol. The largest absolute Gasteiger partial charge is 0.333 e. The summed E-state index contributed by atoms with van der Waals surface area (Å²) in [6.07, 6.45) is 1.21. The van der Waals surface area contributed by atoms with Gasteiger partial charge in [-0.15, -0.1) is 23.7 Å². The van der Waals surface area contributed by atoms with Gasteiger partial charge in [-0.1, -0.05) is 0 Å². The van der Waals surface area contributed by atoms with E-state index < -0.39 is 9.84 Å². The Balaban J connectivity index is 0.00000220. The van der Waals surface area contributed by atoms with Crippen LogP contribution in [-0.2, 0) is 15.6 Å². The van der Waals surface area contributed by atoms with E-state index in [0.29, 0.717) is 11.4 Å². The van der Waals surface area contributed by atoms with E-state index in [2.05, 4.69) is 5.32 Å². The van der Waals surface area contributed by atoms with Gasteiger partial charge in [0, 0.05) is 36.8 Å². The predicted octanol–water partition coefficient (Wildman–Crippen LogP) is 1.46. The number of hydrogen-bond acceptors (Lipinski definition) is 5. The van der Waals surface area contributed by atoms with Gasteiger partial charge in [0.05, 0.1) is 10.6 Å². The number of nitrogens with one attached hydrogen (secondary N) is 1. The Labute approximate surface area is 136 Å². The van der Waals surface area contributed by atoms with E-state index in [1.54, 1.807) is 6.07 Å². The lowest BCUT2D eigenvalue weighted by Gasteiger charge is -2.33. The van der Waals surface area contributed by atoms with E-state index in [1.165, 1.54) is 17.6 Å². The zero-order valence-electron chi connectivity index (χ0n) is 12.4. The molecule has 0 aliphatic carbocycles. The summed E-state index contributed by atoms with van der Waals surface area (Å²) >= 11 is 1.38. The van der Waals surface area contributed by atoms with E-state index in [4.69, 9.17) is 0 Å². The normalized spacial score (nSPS) is 19.2. The van der Waals surface area contributed by atoms with E-state index in [1.807, 2.05) is 18.7 Å². The van der Waals surface area contributed by atoms with Crippen LogP contribution in [0, 0.1) is 6.92 Å². The maximum atomic E-state index is 12.5. The molecule has 1 amide bonds. The fraction of sp³-hybridized carbons (Fsp3) is 0.615. The topological polar surface area (TPSA) is 66.5 Å². The number of hydrogen-bond donors (Lipinski definition) is 1. The van der Waals surface area contributed by atoms with Crippen molar-refractivity contribution in [3.8, 4) is 0 Å². The molecule has 2 heterocycles. The number of amides is 1. The lowest BCUT2D eigenvalue weighted by atomic mass is 10.2. The van der Waals surface area contributed by atoms with Crippen molar-refractivity contribution in [3.63, 3.8) is 0 Å². The van der Waals surface area contributed by atoms with Gasteiger partial charge in [-0.3, -0.25) is 4.79 Å². The van der Waals surface area contributed by atoms with Crippen molar-refractivity contribution in [2.75, 3.05) is 25.9 Å². The number of thiophene rings is 1. The second-order valence-electron chi connectivity index (χ2n) is 5.31. The van der Waals surface area contributed by atoms with Crippen LogP contribution in [0.4, 0.5) is 0 Å². The first-order chi connectivity index (χ1) is 9.28. The smallest absolute Gasteiger partial charge is 0.264 e. The number of nitrogens with zero attached hydrogens (tertiary/aromatic N) is 1. The van der Waals surface area contributed by atoms with Gasteiger partial charge in [-0.2, -0.15) is 0 Å². The highest BCUT2D eigenvalue weighted by molar-refractivity contribution is 7.89. The standard InChI is InChI=1S/C13H20N2O3S2.ClH/c1-9-7-14-4-5-15(9)13(16)12-6-11(10(2)19-12)8-20(3,17)18;/h6,9,14H,4-5,7-8H2,1-3H3;1H/t9-;/m1./s1. The molecule has 0 saturated carbocycles. The summed E-state index contributed by atoms with van der Waals surface area (Å²) in [5.41, 5.74) is 0.739. The highest BCUT2D eigenvalue weighted by Crippen LogP contribution is 2.25. The number of carbonyl (C=O) groups is 1. The van der Waals surface area contributed by atoms with Crippen LogP contribution in [0.5, 0.6) is 0 Å². The Hall–Kier alpha value is -0.630. The van der Waals surface area contributed by atoms with Crippen molar-refractivity contribution in [2.45, 2.75) is 25.6 Å². The zero-order chi connectivity index (χ0) is 14.9. The number of sulfone groups is 1. The third-order valence-electron chi connectivity index (χ3n) is 3.41. The number of aryl methyl sites for hydroxylation is 1. The van der Waals surface area contributed by atoms with Crippen molar-refractivity contribution in [3.05, 3.63) is 21.4 Å². The van der Waals surface area contributed by atoms with Crippen LogP contribution in [-0.4, -0.2) is 51.2 Å². The predicted molar refractivity (Wildman–Crippen MR) is 88.2 cm³/mol. The molecule has 2 rings (SSSR count). The van der Waals surface area contributed by atoms with Gasteiger partial charge < -0.3 is 10.2 Å². The van der Waals surface area contributed by atoms with Crippen molar-refractivity contribution in [1.82, 2.24) is 10.2 Å². The number of halogens is 1. The van der Waals surface area contributed by atoms with E-state index in [-0.39, 0.29) is 30.1 Å². The molecule has 0 bridgehead atoms. The molecule has 0 radical (unpaired) electrons. The molecule has 1 atom stereocenters. The zero-order valence-corrected chi connectivity index (χ0v) is 14.8. The minimum atomic E-state index is -3.08. The van der Waals surface area contributed by atoms with Gasteiger partial charge in [0.1, 0.15) is 0 Å². The maximum absolute atomic E-state index is 12.5. The van der Waals surface area contributed by atoms with Gasteiger partial charge in [-0.25, -0.2) is 8.42 Å². The summed E-state index contributed by atoms with van der Waals surface area (Å²) in [6.45, 7) is 6.17. The average Bonchev–Trinajstić information content (AvgIpc) is 2.68. The summed E-state index contributed by atoms with van der Waals surface area (Å²) in [5.74, 6) is 0.00607.